The quantitative estimate of drug-likeness (QED) is 0.156. The zero-order chi connectivity index (χ0) is 69.8. The molecule has 2 aliphatic carbocycles. The zero-order valence-electron chi connectivity index (χ0n) is 63.2. The Hall–Kier alpha value is -2.45. The Morgan fingerprint density at radius 2 is 0.564 bits per heavy atom. The average Bonchev–Trinajstić information content (AvgIpc) is 0.977. The van der Waals surface area contributed by atoms with Gasteiger partial charge in [-0.1, -0.05) is 98.4 Å². The largest absolute Gasteiger partial charge is 0.643 e. The summed E-state index contributed by atoms with van der Waals surface area (Å²) >= 11 is 0. The maximum absolute atomic E-state index is 9.00. The Morgan fingerprint density at radius 3 is 0.822 bits per heavy atom. The Kier molecular flexibility index (Phi) is 45.9. The number of aliphatic carboxylic acids is 4. The molecule has 4 atom stereocenters. The SMILES string of the molecule is CC(=O)O.CC(=O)O.CC(=O)O.CC(=O)O.[HH].[Zn].[Zn].[Zn].c1cc(CN2CCCN3CCCN(C3)C3(CCC3)[N-]CC2)ccc1CN1CCCN2CCCN(C2)C2(CCC2)[N-]CC1.c1cc(CN2CCCN3CCN(CCCNCC2)CC3)ccc1CN1CCCN2CCN(CCCNCC1)CC2. The molecule has 24 nitrogen and oxygen atoms in total. The standard InChI is InChI=1S/C34H56N8.C32H58N8.4C2H4O2.3Zn.H2/c1-11-33(12-1)35-15-25-37(17-3-19-39-21-5-23-41(33)29-39)27-31-7-9-32(10-8-31)28-38-18-4-20-40-22-6-24-42(30-40)34(13-2-14-34)36-16-26-38;1-9-33-11-19-39(17-3-15-37-25-21-35(13-1)22-26-37)29-31-5-7-32(8-6-31)30-40-18-4-16-38-27-23-36(24-28-38)14-2-10-34-12-20-40;4*1-2(3)4;;;;/h7-10H,1-6,11-30H2;5-8,33-34H,1-4,9-30H2;4*1H3,(H,3,4);;;;1H/q-2;;;;;;;;;. The van der Waals surface area contributed by atoms with Crippen LogP contribution in [0.25, 0.3) is 10.6 Å². The first kappa shape index (κ1) is 90.9. The number of nitrogens with one attached hydrogen (secondary N) is 2. The van der Waals surface area contributed by atoms with Crippen molar-refractivity contribution in [1.82, 2.24) is 69.4 Å². The fraction of sp³-hybridized carbons (Fsp3) is 0.784. The van der Waals surface area contributed by atoms with E-state index in [-0.39, 0.29) is 71.2 Å². The topological polar surface area (TPSA) is 240 Å². The second kappa shape index (κ2) is 51.0. The van der Waals surface area contributed by atoms with Gasteiger partial charge in [0.05, 0.1) is 0 Å². The maximum Gasteiger partial charge on any atom is 0.300 e. The Labute approximate surface area is 647 Å². The number of nitrogens with zero attached hydrogens (tertiary/aromatic N) is 14. The van der Waals surface area contributed by atoms with Gasteiger partial charge in [-0.2, -0.15) is 0 Å². The molecule has 12 aliphatic rings. The molecule has 0 radical (unpaired) electrons. The van der Waals surface area contributed by atoms with E-state index in [0.717, 1.165) is 133 Å². The van der Waals surface area contributed by atoms with Gasteiger partial charge in [-0.05, 0) is 165 Å². The molecule has 0 amide bonds. The summed E-state index contributed by atoms with van der Waals surface area (Å²) in [5.41, 5.74) is 6.12. The average molecular weight is 1570 g/mol. The first-order chi connectivity index (χ1) is 47.4. The van der Waals surface area contributed by atoms with Gasteiger partial charge in [0.15, 0.2) is 0 Å². The van der Waals surface area contributed by atoms with E-state index < -0.39 is 23.9 Å². The van der Waals surface area contributed by atoms with Crippen molar-refractivity contribution >= 4 is 23.9 Å². The van der Waals surface area contributed by atoms with E-state index in [1.54, 1.807) is 0 Å². The van der Waals surface area contributed by atoms with Crippen molar-refractivity contribution in [3.8, 4) is 0 Å². The van der Waals surface area contributed by atoms with Crippen LogP contribution in [0, 0.1) is 0 Å². The maximum atomic E-state index is 9.00. The molecule has 2 aromatic carbocycles. The predicted octanol–water partition coefficient (Wildman–Crippen LogP) is 6.43. The molecule has 564 valence electrons. The number of benzene rings is 2. The minimum Gasteiger partial charge on any atom is -0.643 e. The van der Waals surface area contributed by atoms with Gasteiger partial charge in [-0.15, -0.1) is 13.1 Å². The summed E-state index contributed by atoms with van der Waals surface area (Å²) in [6, 6.07) is 19.2. The Morgan fingerprint density at radius 1 is 0.327 bits per heavy atom. The molecule has 0 aromatic heterocycles. The Bertz CT molecular complexity index is 2350. The number of fused-ring (bicyclic) bond motifs is 28. The monoisotopic (exact) mass is 1560 g/mol. The molecule has 8 bridgehead atoms. The second-order valence-corrected chi connectivity index (χ2v) is 29.0. The summed E-state index contributed by atoms with van der Waals surface area (Å²) in [7, 11) is 0. The molecule has 101 heavy (non-hydrogen) atoms. The van der Waals surface area contributed by atoms with Crippen LogP contribution in [0.2, 0.25) is 0 Å². The summed E-state index contributed by atoms with van der Waals surface area (Å²) in [6.07, 6.45) is 18.0. The van der Waals surface area contributed by atoms with Gasteiger partial charge >= 0.3 is 0 Å². The molecule has 2 aromatic rings. The van der Waals surface area contributed by atoms with E-state index in [1.807, 2.05) is 0 Å². The predicted molar refractivity (Wildman–Crippen MR) is 394 cm³/mol. The third-order valence-corrected chi connectivity index (χ3v) is 20.9. The van der Waals surface area contributed by atoms with Crippen molar-refractivity contribution in [2.45, 2.75) is 155 Å². The van der Waals surface area contributed by atoms with Gasteiger partial charge < -0.3 is 80.9 Å². The van der Waals surface area contributed by atoms with Crippen LogP contribution in [-0.4, -0.2) is 337 Å². The van der Waals surface area contributed by atoms with Crippen LogP contribution in [0.5, 0.6) is 0 Å². The molecule has 14 rings (SSSR count). The number of piperazine rings is 2. The fourth-order valence-electron chi connectivity index (χ4n) is 15.5. The molecule has 27 heteroatoms. The minimum absolute atomic E-state index is 0. The van der Waals surface area contributed by atoms with Gasteiger partial charge in [-0.25, -0.2) is 0 Å². The van der Waals surface area contributed by atoms with E-state index in [4.69, 9.17) is 50.2 Å². The van der Waals surface area contributed by atoms with Crippen molar-refractivity contribution in [2.24, 2.45) is 0 Å². The molecule has 12 fully saturated rings. The normalized spacial score (nSPS) is 27.8. The molecule has 6 N–H and O–H groups in total. The summed E-state index contributed by atoms with van der Waals surface area (Å²) in [4.78, 5) is 68.2. The van der Waals surface area contributed by atoms with Crippen LogP contribution in [0.3, 0.4) is 0 Å². The van der Waals surface area contributed by atoms with Crippen LogP contribution in [0.4, 0.5) is 0 Å². The van der Waals surface area contributed by atoms with Crippen LogP contribution in [0.15, 0.2) is 48.5 Å². The summed E-state index contributed by atoms with van der Waals surface area (Å²) in [5.74, 6) is -3.33. The van der Waals surface area contributed by atoms with E-state index >= 15 is 0 Å². The number of hydrogen-bond donors (Lipinski definition) is 6. The van der Waals surface area contributed by atoms with Crippen LogP contribution in [-0.2, 0) is 104 Å². The third kappa shape index (κ3) is 35.9. The molecule has 4 unspecified atom stereocenters. The Balaban J connectivity index is 0.000000424. The van der Waals surface area contributed by atoms with Crippen molar-refractivity contribution < 1.29 is 99.5 Å². The number of rotatable bonds is 8. The van der Waals surface area contributed by atoms with Gasteiger partial charge in [0.1, 0.15) is 0 Å². The van der Waals surface area contributed by atoms with E-state index in [1.165, 1.54) is 256 Å². The van der Waals surface area contributed by atoms with Gasteiger partial charge in [0.2, 0.25) is 0 Å². The number of carboxylic acids is 4. The minimum atomic E-state index is -0.833. The van der Waals surface area contributed by atoms with Crippen molar-refractivity contribution in [3.05, 3.63) is 81.4 Å². The fourth-order valence-corrected chi connectivity index (χ4v) is 15.5. The number of carboxylic acid groups (broad SMARTS) is 4. The molecule has 10 saturated heterocycles. The van der Waals surface area contributed by atoms with E-state index in [2.05, 4.69) is 118 Å². The van der Waals surface area contributed by atoms with Crippen molar-refractivity contribution in [3.63, 3.8) is 0 Å². The zero-order valence-corrected chi connectivity index (χ0v) is 72.1. The first-order valence-corrected chi connectivity index (χ1v) is 37.9. The second-order valence-electron chi connectivity index (χ2n) is 29.0. The summed E-state index contributed by atoms with van der Waals surface area (Å²) < 4.78 is 0. The number of carbonyl (C=O) groups is 4. The van der Waals surface area contributed by atoms with Crippen LogP contribution in [0.1, 0.15) is 141 Å². The molecule has 2 saturated carbocycles. The van der Waals surface area contributed by atoms with Crippen molar-refractivity contribution in [2.75, 3.05) is 223 Å². The third-order valence-electron chi connectivity index (χ3n) is 20.9. The molecule has 10 heterocycles. The molecular formula is C74H132N16O8Zn3-2. The van der Waals surface area contributed by atoms with Crippen molar-refractivity contribution in [1.29, 1.82) is 0 Å². The summed E-state index contributed by atoms with van der Waals surface area (Å²) in [5, 5.41) is 47.8. The summed E-state index contributed by atoms with van der Waals surface area (Å²) in [6.45, 7) is 48.9. The van der Waals surface area contributed by atoms with E-state index in [9.17, 15) is 0 Å². The first-order valence-electron chi connectivity index (χ1n) is 37.9. The smallest absolute Gasteiger partial charge is 0.300 e. The molecule has 2 spiro atoms. The molecule has 10 aliphatic heterocycles. The van der Waals surface area contributed by atoms with Gasteiger partial charge in [0, 0.05) is 232 Å². The molecular weight excluding hydrogens is 1440 g/mol. The van der Waals surface area contributed by atoms with Gasteiger partial charge in [-0.3, -0.25) is 38.8 Å². The van der Waals surface area contributed by atoms with E-state index in [0.29, 0.717) is 0 Å². The number of hydrogen-bond acceptors (Lipinski definition) is 18. The van der Waals surface area contributed by atoms with Crippen LogP contribution < -0.4 is 10.6 Å². The van der Waals surface area contributed by atoms with Gasteiger partial charge in [0.25, 0.3) is 23.9 Å². The van der Waals surface area contributed by atoms with Crippen LogP contribution >= 0.6 is 0 Å².